The first-order chi connectivity index (χ1) is 16.2. The summed E-state index contributed by atoms with van der Waals surface area (Å²) in [6.07, 6.45) is 5.01. The van der Waals surface area contributed by atoms with Crippen LogP contribution in [0.3, 0.4) is 0 Å². The predicted molar refractivity (Wildman–Crippen MR) is 117 cm³/mol. The molecule has 3 N–H and O–H groups in total. The van der Waals surface area contributed by atoms with Gasteiger partial charge in [-0.1, -0.05) is 5.92 Å². The summed E-state index contributed by atoms with van der Waals surface area (Å²) in [5.41, 5.74) is -1.18. The Morgan fingerprint density at radius 3 is 2.62 bits per heavy atom. The van der Waals surface area contributed by atoms with Crippen molar-refractivity contribution < 1.29 is 27.4 Å². The maximum Gasteiger partial charge on any atom is 0.300 e. The van der Waals surface area contributed by atoms with Crippen LogP contribution in [0.25, 0.3) is 0 Å². The molecule has 1 fully saturated rings. The van der Waals surface area contributed by atoms with Crippen molar-refractivity contribution in [2.24, 2.45) is 20.9 Å². The number of hydrogen-bond donors (Lipinski definition) is 2. The number of rotatable bonds is 3. The average molecular weight is 469 g/mol. The molecule has 0 saturated carbocycles. The van der Waals surface area contributed by atoms with Crippen molar-refractivity contribution in [1.29, 1.82) is 0 Å². The van der Waals surface area contributed by atoms with E-state index in [1.54, 1.807) is 17.0 Å². The highest BCUT2D eigenvalue weighted by molar-refractivity contribution is 6.31. The predicted octanol–water partition coefficient (Wildman–Crippen LogP) is 2.42. The van der Waals surface area contributed by atoms with Crippen molar-refractivity contribution in [3.8, 4) is 11.8 Å². The number of quaternary nitrogens is 1. The van der Waals surface area contributed by atoms with E-state index in [0.29, 0.717) is 48.4 Å². The number of halogens is 3. The zero-order valence-electron chi connectivity index (χ0n) is 17.9. The fraction of sp³-hybridized carbons (Fsp3) is 0.261. The van der Waals surface area contributed by atoms with Gasteiger partial charge in [0.15, 0.2) is 17.7 Å². The molecule has 1 saturated heterocycles. The molecule has 0 amide bonds. The van der Waals surface area contributed by atoms with Crippen molar-refractivity contribution in [2.75, 3.05) is 13.1 Å². The summed E-state index contributed by atoms with van der Waals surface area (Å²) in [5.74, 6) is 10.4. The molecule has 174 valence electrons. The van der Waals surface area contributed by atoms with Crippen LogP contribution in [0, 0.1) is 29.3 Å². The number of nitrogens with zero attached hydrogens (tertiary/aromatic N) is 5. The zero-order valence-corrected chi connectivity index (χ0v) is 17.9. The number of aliphatic imine (C=N–C) groups is 2. The number of nitrogens with two attached hydrogens (primary N) is 1. The molecule has 34 heavy (non-hydrogen) atoms. The van der Waals surface area contributed by atoms with Crippen LogP contribution in [0.15, 0.2) is 61.9 Å². The molecule has 0 radical (unpaired) electrons. The molecule has 1 aromatic carbocycles. The highest BCUT2D eigenvalue weighted by Gasteiger charge is 2.40. The molecule has 5 rings (SSSR count). The fourth-order valence-corrected chi connectivity index (χ4v) is 3.89. The number of likely N-dealkylation sites (tertiary alicyclic amines) is 1. The minimum Gasteiger partial charge on any atom is -0.461 e. The molecule has 0 bridgehead atoms. The number of amidine groups is 2. The maximum absolute atomic E-state index is 13.9. The molecule has 2 aromatic rings. The van der Waals surface area contributed by atoms with E-state index in [4.69, 9.17) is 10.3 Å². The molecule has 0 spiro atoms. The normalized spacial score (nSPS) is 23.5. The second kappa shape index (κ2) is 8.34. The zero-order chi connectivity index (χ0) is 23.9. The van der Waals surface area contributed by atoms with E-state index < -0.39 is 27.8 Å². The lowest BCUT2D eigenvalue weighted by Crippen LogP contribution is -2.50. The lowest BCUT2D eigenvalue weighted by Gasteiger charge is -2.35. The first-order valence-electron chi connectivity index (χ1n) is 10.5. The second-order valence-electron chi connectivity index (χ2n) is 8.29. The summed E-state index contributed by atoms with van der Waals surface area (Å²) in [6.45, 7) is 0.685. The van der Waals surface area contributed by atoms with Gasteiger partial charge in [0, 0.05) is 50.2 Å². The summed E-state index contributed by atoms with van der Waals surface area (Å²) in [5, 5.41) is 15.2. The van der Waals surface area contributed by atoms with E-state index in [-0.39, 0.29) is 24.9 Å². The van der Waals surface area contributed by atoms with Gasteiger partial charge in [0.1, 0.15) is 29.3 Å². The second-order valence-corrected chi connectivity index (χ2v) is 8.29. The number of aliphatic hydroxyl groups is 1. The third-order valence-electron chi connectivity index (χ3n) is 5.82. The standard InChI is InChI=1S/C23H20F3N6O2/c24-15-10-18(25)17(19(26)11-15)13-31-7-5-23(33,6-8-31)4-3-16-14-32(27)21(12-28-16)29-22(30-32)20-2-1-9-34-20/h1-2,9-12,14,33H,5-8,13,27H2/q+1. The number of fused-ring (bicyclic) bond motifs is 1. The van der Waals surface area contributed by atoms with E-state index in [2.05, 4.69) is 26.9 Å². The molecule has 3 aliphatic heterocycles. The van der Waals surface area contributed by atoms with Crippen LogP contribution in [-0.4, -0.2) is 51.3 Å². The number of piperidine rings is 1. The first kappa shape index (κ1) is 22.2. The number of hydrogen-bond acceptors (Lipinski definition) is 7. The minimum absolute atomic E-state index is 0.0256. The Balaban J connectivity index is 1.26. The van der Waals surface area contributed by atoms with Gasteiger partial charge in [-0.05, 0) is 27.9 Å². The molecule has 4 heterocycles. The van der Waals surface area contributed by atoms with Gasteiger partial charge in [0.2, 0.25) is 0 Å². The smallest absolute Gasteiger partial charge is 0.300 e. The lowest BCUT2D eigenvalue weighted by atomic mass is 9.91. The maximum atomic E-state index is 13.9. The summed E-state index contributed by atoms with van der Waals surface area (Å²) in [6, 6.07) is 4.76. The molecule has 8 nitrogen and oxygen atoms in total. The molecule has 11 heteroatoms. The minimum atomic E-state index is -1.30. The third-order valence-corrected chi connectivity index (χ3v) is 5.82. The number of allylic oxidation sites excluding steroid dienone is 1. The Morgan fingerprint density at radius 2 is 1.94 bits per heavy atom. The van der Waals surface area contributed by atoms with Gasteiger partial charge >= 0.3 is 0 Å². The van der Waals surface area contributed by atoms with Crippen LogP contribution < -0.4 is 5.84 Å². The fourth-order valence-electron chi connectivity index (χ4n) is 3.89. The van der Waals surface area contributed by atoms with E-state index >= 15 is 0 Å². The van der Waals surface area contributed by atoms with Crippen molar-refractivity contribution in [3.05, 3.63) is 71.2 Å². The van der Waals surface area contributed by atoms with Crippen molar-refractivity contribution >= 4 is 17.9 Å². The van der Waals surface area contributed by atoms with Crippen LogP contribution in [-0.2, 0) is 6.54 Å². The van der Waals surface area contributed by atoms with E-state index in [0.717, 1.165) is 0 Å². The molecule has 0 aliphatic carbocycles. The Kier molecular flexibility index (Phi) is 5.45. The lowest BCUT2D eigenvalue weighted by molar-refractivity contribution is -0.803. The van der Waals surface area contributed by atoms with Gasteiger partial charge in [0.05, 0.1) is 6.26 Å². The van der Waals surface area contributed by atoms with Gasteiger partial charge in [-0.25, -0.2) is 18.2 Å². The van der Waals surface area contributed by atoms with Gasteiger partial charge in [-0.2, -0.15) is 4.99 Å². The van der Waals surface area contributed by atoms with Crippen molar-refractivity contribution in [1.82, 2.24) is 4.90 Å². The summed E-state index contributed by atoms with van der Waals surface area (Å²) in [4.78, 5) is 10.4. The van der Waals surface area contributed by atoms with Gasteiger partial charge in [-0.15, -0.1) is 5.84 Å². The molecule has 3 aliphatic rings. The molecule has 1 aromatic heterocycles. The van der Waals surface area contributed by atoms with Gasteiger partial charge < -0.3 is 9.52 Å². The van der Waals surface area contributed by atoms with Crippen molar-refractivity contribution in [2.45, 2.75) is 25.0 Å². The molecular weight excluding hydrogens is 449 g/mol. The third kappa shape index (κ3) is 4.32. The Morgan fingerprint density at radius 1 is 1.21 bits per heavy atom. The Hall–Kier alpha value is -3.56. The van der Waals surface area contributed by atoms with Crippen molar-refractivity contribution in [3.63, 3.8) is 0 Å². The largest absolute Gasteiger partial charge is 0.461 e. The highest BCUT2D eigenvalue weighted by atomic mass is 19.1. The molecule has 1 unspecified atom stereocenters. The topological polar surface area (TPSA) is 99.7 Å². The van der Waals surface area contributed by atoms with Gasteiger partial charge in [-0.3, -0.25) is 4.90 Å². The van der Waals surface area contributed by atoms with Gasteiger partial charge in [0.25, 0.3) is 11.7 Å². The highest BCUT2D eigenvalue weighted by Crippen LogP contribution is 2.26. The van der Waals surface area contributed by atoms with Crippen LogP contribution in [0.4, 0.5) is 13.2 Å². The number of benzene rings is 1. The quantitative estimate of drug-likeness (QED) is 0.410. The Labute approximate surface area is 192 Å². The summed E-state index contributed by atoms with van der Waals surface area (Å²) >= 11 is 0. The SMILES string of the molecule is N[N+]12C=C(C#CC3(O)CCN(Cc4c(F)cc(F)cc4F)CC3)N=CC1=NC(c1ccco1)=N2. The Bertz CT molecular complexity index is 1290. The summed E-state index contributed by atoms with van der Waals surface area (Å²) in [7, 11) is 0. The monoisotopic (exact) mass is 469 g/mol. The average Bonchev–Trinajstić information content (AvgIpc) is 3.43. The molecule has 1 atom stereocenters. The van der Waals surface area contributed by atoms with E-state index in [1.165, 1.54) is 18.7 Å². The van der Waals surface area contributed by atoms with Crippen LogP contribution in [0.5, 0.6) is 0 Å². The van der Waals surface area contributed by atoms with Crippen LogP contribution in [0.2, 0.25) is 0 Å². The van der Waals surface area contributed by atoms with Crippen LogP contribution >= 0.6 is 0 Å². The first-order valence-corrected chi connectivity index (χ1v) is 10.5. The molecular formula is C23H20F3N6O2+. The van der Waals surface area contributed by atoms with E-state index in [1.807, 2.05) is 0 Å². The van der Waals surface area contributed by atoms with E-state index in [9.17, 15) is 18.3 Å². The van der Waals surface area contributed by atoms with Crippen LogP contribution in [0.1, 0.15) is 24.2 Å². The summed E-state index contributed by atoms with van der Waals surface area (Å²) < 4.78 is 45.8. The number of furan rings is 1.